The Morgan fingerprint density at radius 2 is 2.22 bits per heavy atom. The minimum atomic E-state index is -0.710. The van der Waals surface area contributed by atoms with Crippen molar-refractivity contribution in [1.82, 2.24) is 14.8 Å². The second-order valence-electron chi connectivity index (χ2n) is 5.01. The normalized spacial score (nSPS) is 27.8. The largest absolute Gasteiger partial charge is 0.481 e. The average molecular weight is 267 g/mol. The molecular weight excluding hydrogens is 250 g/mol. The highest BCUT2D eigenvalue weighted by Crippen LogP contribution is 2.38. The van der Waals surface area contributed by atoms with E-state index in [1.54, 1.807) is 0 Å². The molecule has 0 amide bonds. The summed E-state index contributed by atoms with van der Waals surface area (Å²) in [5.74, 6) is 2.13. The van der Waals surface area contributed by atoms with Gasteiger partial charge >= 0.3 is 5.97 Å². The van der Waals surface area contributed by atoms with E-state index >= 15 is 0 Å². The maximum absolute atomic E-state index is 11.0. The number of thioether (sulfide) groups is 1. The van der Waals surface area contributed by atoms with E-state index in [9.17, 15) is 4.79 Å². The maximum Gasteiger partial charge on any atom is 0.307 e. The molecule has 3 heterocycles. The van der Waals surface area contributed by atoms with Crippen molar-refractivity contribution in [2.75, 3.05) is 5.75 Å². The SMILES string of the molecule is O=C(O)C1CCn2c(nnc2C2CCCCS2)C1. The Morgan fingerprint density at radius 1 is 1.33 bits per heavy atom. The Hall–Kier alpha value is -1.04. The van der Waals surface area contributed by atoms with Gasteiger partial charge in [0.2, 0.25) is 0 Å². The lowest BCUT2D eigenvalue weighted by atomic mass is 9.98. The highest BCUT2D eigenvalue weighted by atomic mass is 32.2. The van der Waals surface area contributed by atoms with Crippen LogP contribution < -0.4 is 0 Å². The van der Waals surface area contributed by atoms with Gasteiger partial charge in [0.25, 0.3) is 0 Å². The van der Waals surface area contributed by atoms with Crippen molar-refractivity contribution in [1.29, 1.82) is 0 Å². The minimum Gasteiger partial charge on any atom is -0.481 e. The van der Waals surface area contributed by atoms with Gasteiger partial charge in [0.05, 0.1) is 11.2 Å². The Morgan fingerprint density at radius 3 is 2.94 bits per heavy atom. The van der Waals surface area contributed by atoms with Crippen LogP contribution in [0.2, 0.25) is 0 Å². The van der Waals surface area contributed by atoms with Crippen LogP contribution in [-0.2, 0) is 17.8 Å². The van der Waals surface area contributed by atoms with Crippen LogP contribution in [0.25, 0.3) is 0 Å². The zero-order valence-electron chi connectivity index (χ0n) is 10.2. The fourth-order valence-electron chi connectivity index (χ4n) is 2.74. The lowest BCUT2D eigenvalue weighted by molar-refractivity contribution is -0.142. The van der Waals surface area contributed by atoms with Crippen molar-refractivity contribution in [3.63, 3.8) is 0 Å². The molecule has 1 N–H and O–H groups in total. The molecule has 5 nitrogen and oxygen atoms in total. The van der Waals surface area contributed by atoms with E-state index in [1.807, 2.05) is 11.8 Å². The molecule has 1 fully saturated rings. The predicted molar refractivity (Wildman–Crippen MR) is 68.5 cm³/mol. The molecule has 2 aliphatic rings. The van der Waals surface area contributed by atoms with E-state index in [1.165, 1.54) is 25.0 Å². The highest BCUT2D eigenvalue weighted by molar-refractivity contribution is 7.99. The molecule has 0 spiro atoms. The van der Waals surface area contributed by atoms with E-state index < -0.39 is 5.97 Å². The van der Waals surface area contributed by atoms with Crippen LogP contribution in [0.5, 0.6) is 0 Å². The summed E-state index contributed by atoms with van der Waals surface area (Å²) >= 11 is 1.96. The van der Waals surface area contributed by atoms with Crippen molar-refractivity contribution in [3.8, 4) is 0 Å². The first-order valence-corrected chi connectivity index (χ1v) is 7.57. The molecular formula is C12H17N3O2S. The molecule has 3 rings (SSSR count). The Balaban J connectivity index is 1.81. The standard InChI is InChI=1S/C12H17N3O2S/c16-12(17)8-4-5-15-10(7-8)13-14-11(15)9-3-1-2-6-18-9/h8-9H,1-7H2,(H,16,17). The highest BCUT2D eigenvalue weighted by Gasteiger charge is 2.30. The lowest BCUT2D eigenvalue weighted by Crippen LogP contribution is -2.27. The maximum atomic E-state index is 11.0. The molecule has 2 unspecified atom stereocenters. The first kappa shape index (κ1) is 12.0. The number of carbonyl (C=O) groups is 1. The van der Waals surface area contributed by atoms with Crippen molar-refractivity contribution >= 4 is 17.7 Å². The number of carboxylic acid groups (broad SMARTS) is 1. The van der Waals surface area contributed by atoms with Gasteiger partial charge in [-0.15, -0.1) is 10.2 Å². The molecule has 0 bridgehead atoms. The Labute approximate surface area is 110 Å². The van der Waals surface area contributed by atoms with Gasteiger partial charge in [0.15, 0.2) is 0 Å². The predicted octanol–water partition coefficient (Wildman–Crippen LogP) is 1.88. The zero-order valence-corrected chi connectivity index (χ0v) is 11.0. The van der Waals surface area contributed by atoms with Gasteiger partial charge < -0.3 is 9.67 Å². The molecule has 2 atom stereocenters. The van der Waals surface area contributed by atoms with E-state index in [0.717, 1.165) is 18.2 Å². The molecule has 0 aliphatic carbocycles. The molecule has 1 aromatic heterocycles. The number of nitrogens with zero attached hydrogens (tertiary/aromatic N) is 3. The number of aliphatic carboxylic acids is 1. The zero-order chi connectivity index (χ0) is 12.5. The van der Waals surface area contributed by atoms with Crippen LogP contribution in [0, 0.1) is 5.92 Å². The number of rotatable bonds is 2. The number of carboxylic acids is 1. The van der Waals surface area contributed by atoms with Crippen LogP contribution in [0.4, 0.5) is 0 Å². The Bertz CT molecular complexity index is 454. The molecule has 0 aromatic carbocycles. The third kappa shape index (κ3) is 2.13. The van der Waals surface area contributed by atoms with Crippen LogP contribution in [-0.4, -0.2) is 31.6 Å². The average Bonchev–Trinajstić information content (AvgIpc) is 2.82. The summed E-state index contributed by atoms with van der Waals surface area (Å²) in [6.45, 7) is 0.756. The molecule has 0 saturated carbocycles. The molecule has 1 aromatic rings. The number of aromatic nitrogens is 3. The topological polar surface area (TPSA) is 68.0 Å². The van der Waals surface area contributed by atoms with Gasteiger partial charge in [-0.3, -0.25) is 4.79 Å². The van der Waals surface area contributed by atoms with Gasteiger partial charge in [0.1, 0.15) is 11.6 Å². The summed E-state index contributed by atoms with van der Waals surface area (Å²) in [7, 11) is 0. The molecule has 18 heavy (non-hydrogen) atoms. The fraction of sp³-hybridized carbons (Fsp3) is 0.750. The van der Waals surface area contributed by atoms with Crippen LogP contribution >= 0.6 is 11.8 Å². The van der Waals surface area contributed by atoms with Crippen LogP contribution in [0.1, 0.15) is 42.6 Å². The first-order valence-electron chi connectivity index (χ1n) is 6.52. The molecule has 98 valence electrons. The summed E-state index contributed by atoms with van der Waals surface area (Å²) in [6, 6.07) is 0. The number of hydrogen-bond donors (Lipinski definition) is 1. The second-order valence-corrected chi connectivity index (χ2v) is 6.32. The number of hydrogen-bond acceptors (Lipinski definition) is 4. The minimum absolute atomic E-state index is 0.284. The molecule has 0 radical (unpaired) electrons. The second kappa shape index (κ2) is 4.91. The third-order valence-electron chi connectivity index (χ3n) is 3.80. The van der Waals surface area contributed by atoms with E-state index in [0.29, 0.717) is 18.1 Å². The first-order chi connectivity index (χ1) is 8.75. The van der Waals surface area contributed by atoms with Gasteiger partial charge in [-0.1, -0.05) is 6.42 Å². The van der Waals surface area contributed by atoms with Crippen molar-refractivity contribution in [2.24, 2.45) is 5.92 Å². The monoisotopic (exact) mass is 267 g/mol. The quantitative estimate of drug-likeness (QED) is 0.886. The summed E-state index contributed by atoms with van der Waals surface area (Å²) in [4.78, 5) is 11.0. The number of fused-ring (bicyclic) bond motifs is 1. The van der Waals surface area contributed by atoms with Gasteiger partial charge in [-0.05, 0) is 25.0 Å². The van der Waals surface area contributed by atoms with Gasteiger partial charge in [-0.25, -0.2) is 0 Å². The van der Waals surface area contributed by atoms with E-state index in [-0.39, 0.29) is 5.92 Å². The smallest absolute Gasteiger partial charge is 0.307 e. The molecule has 6 heteroatoms. The molecule has 1 saturated heterocycles. The van der Waals surface area contributed by atoms with Gasteiger partial charge in [0, 0.05) is 13.0 Å². The molecule has 2 aliphatic heterocycles. The lowest BCUT2D eigenvalue weighted by Gasteiger charge is -2.25. The Kier molecular flexibility index (Phi) is 3.28. The summed E-state index contributed by atoms with van der Waals surface area (Å²) < 4.78 is 2.16. The van der Waals surface area contributed by atoms with Crippen LogP contribution in [0.3, 0.4) is 0 Å². The van der Waals surface area contributed by atoms with Gasteiger partial charge in [-0.2, -0.15) is 11.8 Å². The van der Waals surface area contributed by atoms with E-state index in [2.05, 4.69) is 14.8 Å². The van der Waals surface area contributed by atoms with E-state index in [4.69, 9.17) is 5.11 Å². The van der Waals surface area contributed by atoms with Crippen molar-refractivity contribution in [3.05, 3.63) is 11.6 Å². The summed E-state index contributed by atoms with van der Waals surface area (Å²) in [6.07, 6.45) is 4.95. The fourth-order valence-corrected chi connectivity index (χ4v) is 4.06. The summed E-state index contributed by atoms with van der Waals surface area (Å²) in [5.41, 5.74) is 0. The summed E-state index contributed by atoms with van der Waals surface area (Å²) in [5, 5.41) is 18.0. The van der Waals surface area contributed by atoms with Crippen LogP contribution in [0.15, 0.2) is 0 Å². The van der Waals surface area contributed by atoms with Crippen molar-refractivity contribution in [2.45, 2.75) is 43.9 Å². The van der Waals surface area contributed by atoms with Crippen molar-refractivity contribution < 1.29 is 9.90 Å². The third-order valence-corrected chi connectivity index (χ3v) is 5.18.